The van der Waals surface area contributed by atoms with Gasteiger partial charge >= 0.3 is 0 Å². The number of benzene rings is 2. The average molecular weight is 353 g/mol. The number of amides is 1. The van der Waals surface area contributed by atoms with Crippen molar-refractivity contribution in [3.05, 3.63) is 64.2 Å². The Morgan fingerprint density at radius 2 is 1.78 bits per heavy atom. The molecule has 23 heavy (non-hydrogen) atoms. The molecule has 0 atom stereocenters. The van der Waals surface area contributed by atoms with Crippen molar-refractivity contribution in [1.29, 1.82) is 0 Å². The van der Waals surface area contributed by atoms with Crippen LogP contribution in [0.2, 0.25) is 5.02 Å². The summed E-state index contributed by atoms with van der Waals surface area (Å²) in [5, 5.41) is 3.42. The molecule has 2 rings (SSSR count). The first-order valence-electron chi connectivity index (χ1n) is 6.86. The van der Waals surface area contributed by atoms with Gasteiger partial charge < -0.3 is 5.32 Å². The molecule has 2 N–H and O–H groups in total. The molecule has 0 unspecified atom stereocenters. The summed E-state index contributed by atoms with van der Waals surface area (Å²) in [6.07, 6.45) is 1.07. The van der Waals surface area contributed by atoms with E-state index in [9.17, 15) is 13.2 Å². The number of rotatable bonds is 5. The van der Waals surface area contributed by atoms with Crippen molar-refractivity contribution in [2.75, 3.05) is 11.0 Å². The molecule has 0 aliphatic rings. The molecule has 0 spiro atoms. The maximum absolute atomic E-state index is 12.2. The maximum atomic E-state index is 12.2. The Kier molecular flexibility index (Phi) is 5.28. The van der Waals surface area contributed by atoms with Gasteiger partial charge in [0, 0.05) is 17.1 Å². The predicted octanol–water partition coefficient (Wildman–Crippen LogP) is 2.95. The summed E-state index contributed by atoms with van der Waals surface area (Å²) >= 11 is 5.81. The number of sulfonamides is 1. The lowest BCUT2D eigenvalue weighted by molar-refractivity contribution is 0.0951. The fourth-order valence-electron chi connectivity index (χ4n) is 1.96. The molecule has 0 saturated heterocycles. The van der Waals surface area contributed by atoms with E-state index in [1.807, 2.05) is 12.1 Å². The molecule has 0 radical (unpaired) electrons. The zero-order valence-electron chi connectivity index (χ0n) is 12.8. The van der Waals surface area contributed by atoms with Crippen LogP contribution in [0.5, 0.6) is 0 Å². The first-order chi connectivity index (χ1) is 10.7. The Bertz CT molecular complexity index is 818. The van der Waals surface area contributed by atoms with Crippen molar-refractivity contribution in [2.45, 2.75) is 13.5 Å². The average Bonchev–Trinajstić information content (AvgIpc) is 2.47. The van der Waals surface area contributed by atoms with Gasteiger partial charge in [0.2, 0.25) is 10.0 Å². The van der Waals surface area contributed by atoms with Gasteiger partial charge in [-0.3, -0.25) is 9.52 Å². The van der Waals surface area contributed by atoms with Crippen LogP contribution in [-0.2, 0) is 16.6 Å². The van der Waals surface area contributed by atoms with Crippen LogP contribution < -0.4 is 10.0 Å². The highest BCUT2D eigenvalue weighted by molar-refractivity contribution is 7.92. The molecular weight excluding hydrogens is 336 g/mol. The SMILES string of the molecule is Cc1ccc(C(=O)NCc2ccc(Cl)cc2)cc1NS(C)(=O)=O. The molecule has 0 bridgehead atoms. The zero-order valence-corrected chi connectivity index (χ0v) is 14.3. The zero-order chi connectivity index (χ0) is 17.0. The fourth-order valence-corrected chi connectivity index (χ4v) is 2.70. The van der Waals surface area contributed by atoms with E-state index in [4.69, 9.17) is 11.6 Å². The van der Waals surface area contributed by atoms with Crippen molar-refractivity contribution in [2.24, 2.45) is 0 Å². The van der Waals surface area contributed by atoms with Crippen LogP contribution in [0.4, 0.5) is 5.69 Å². The van der Waals surface area contributed by atoms with E-state index < -0.39 is 10.0 Å². The molecule has 1 amide bonds. The highest BCUT2D eigenvalue weighted by Gasteiger charge is 2.10. The first-order valence-corrected chi connectivity index (χ1v) is 9.12. The van der Waals surface area contributed by atoms with E-state index in [2.05, 4.69) is 10.0 Å². The minimum atomic E-state index is -3.40. The second kappa shape index (κ2) is 7.02. The first kappa shape index (κ1) is 17.3. The highest BCUT2D eigenvalue weighted by Crippen LogP contribution is 2.18. The minimum absolute atomic E-state index is 0.281. The van der Waals surface area contributed by atoms with Gasteiger partial charge in [0.15, 0.2) is 0 Å². The van der Waals surface area contributed by atoms with Crippen LogP contribution in [0.25, 0.3) is 0 Å². The van der Waals surface area contributed by atoms with Crippen molar-refractivity contribution in [3.8, 4) is 0 Å². The molecule has 0 aromatic heterocycles. The van der Waals surface area contributed by atoms with Crippen molar-refractivity contribution in [1.82, 2.24) is 5.32 Å². The largest absolute Gasteiger partial charge is 0.348 e. The lowest BCUT2D eigenvalue weighted by Gasteiger charge is -2.10. The number of aryl methyl sites for hydroxylation is 1. The minimum Gasteiger partial charge on any atom is -0.348 e. The number of carbonyl (C=O) groups is 1. The summed E-state index contributed by atoms with van der Waals surface area (Å²) in [4.78, 5) is 12.2. The Balaban J connectivity index is 2.10. The summed E-state index contributed by atoms with van der Waals surface area (Å²) < 4.78 is 25.1. The van der Waals surface area contributed by atoms with Gasteiger partial charge in [-0.2, -0.15) is 0 Å². The number of carbonyl (C=O) groups excluding carboxylic acids is 1. The number of anilines is 1. The molecule has 5 nitrogen and oxygen atoms in total. The third kappa shape index (κ3) is 5.26. The van der Waals surface area contributed by atoms with Gasteiger partial charge in [-0.15, -0.1) is 0 Å². The second-order valence-corrected chi connectivity index (χ2v) is 7.40. The van der Waals surface area contributed by atoms with E-state index in [0.717, 1.165) is 17.4 Å². The topological polar surface area (TPSA) is 75.3 Å². The van der Waals surface area contributed by atoms with E-state index in [1.54, 1.807) is 31.2 Å². The lowest BCUT2D eigenvalue weighted by Crippen LogP contribution is -2.23. The Labute approximate surface area is 140 Å². The van der Waals surface area contributed by atoms with Crippen LogP contribution in [0.3, 0.4) is 0 Å². The molecule has 2 aromatic carbocycles. The smallest absolute Gasteiger partial charge is 0.251 e. The van der Waals surface area contributed by atoms with Crippen molar-refractivity contribution >= 4 is 33.2 Å². The van der Waals surface area contributed by atoms with Crippen LogP contribution in [0, 0.1) is 6.92 Å². The summed E-state index contributed by atoms with van der Waals surface area (Å²) in [5.41, 5.74) is 2.44. The van der Waals surface area contributed by atoms with Gasteiger partial charge in [-0.05, 0) is 42.3 Å². The van der Waals surface area contributed by atoms with E-state index in [1.165, 1.54) is 6.07 Å². The van der Waals surface area contributed by atoms with Crippen LogP contribution >= 0.6 is 11.6 Å². The lowest BCUT2D eigenvalue weighted by atomic mass is 10.1. The van der Waals surface area contributed by atoms with Gasteiger partial charge in [0.1, 0.15) is 0 Å². The summed E-state index contributed by atoms with van der Waals surface area (Å²) in [7, 11) is -3.40. The van der Waals surface area contributed by atoms with E-state index in [-0.39, 0.29) is 5.91 Å². The fraction of sp³-hybridized carbons (Fsp3) is 0.188. The van der Waals surface area contributed by atoms with Crippen molar-refractivity contribution < 1.29 is 13.2 Å². The second-order valence-electron chi connectivity index (χ2n) is 5.21. The Hall–Kier alpha value is -2.05. The third-order valence-corrected chi connectivity index (χ3v) is 4.00. The van der Waals surface area contributed by atoms with Gasteiger partial charge in [0.25, 0.3) is 5.91 Å². The monoisotopic (exact) mass is 352 g/mol. The molecular formula is C16H17ClN2O3S. The molecule has 0 heterocycles. The summed E-state index contributed by atoms with van der Waals surface area (Å²) in [6, 6.07) is 12.0. The van der Waals surface area contributed by atoms with E-state index >= 15 is 0 Å². The normalized spacial score (nSPS) is 11.1. The van der Waals surface area contributed by atoms with Crippen LogP contribution in [0.15, 0.2) is 42.5 Å². The Morgan fingerprint density at radius 1 is 1.13 bits per heavy atom. The summed E-state index contributed by atoms with van der Waals surface area (Å²) in [6.45, 7) is 2.13. The predicted molar refractivity (Wildman–Crippen MR) is 92.3 cm³/mol. The molecule has 122 valence electrons. The Morgan fingerprint density at radius 3 is 2.39 bits per heavy atom. The summed E-state index contributed by atoms with van der Waals surface area (Å²) in [5.74, 6) is -0.281. The quantitative estimate of drug-likeness (QED) is 0.868. The molecule has 0 aliphatic heterocycles. The van der Waals surface area contributed by atoms with E-state index in [0.29, 0.717) is 22.8 Å². The molecule has 7 heteroatoms. The molecule has 0 aliphatic carbocycles. The molecule has 0 fully saturated rings. The number of hydrogen-bond donors (Lipinski definition) is 2. The molecule has 0 saturated carbocycles. The highest BCUT2D eigenvalue weighted by atomic mass is 35.5. The number of nitrogens with one attached hydrogen (secondary N) is 2. The van der Waals surface area contributed by atoms with Gasteiger partial charge in [0.05, 0.1) is 11.9 Å². The van der Waals surface area contributed by atoms with Crippen molar-refractivity contribution in [3.63, 3.8) is 0 Å². The maximum Gasteiger partial charge on any atom is 0.251 e. The number of halogens is 1. The standard InChI is InChI=1S/C16H17ClN2O3S/c1-11-3-6-13(9-15(11)19-23(2,21)22)16(20)18-10-12-4-7-14(17)8-5-12/h3-9,19H,10H2,1-2H3,(H,18,20). The van der Waals surface area contributed by atoms with Crippen LogP contribution in [-0.4, -0.2) is 20.6 Å². The van der Waals surface area contributed by atoms with Crippen LogP contribution in [0.1, 0.15) is 21.5 Å². The van der Waals surface area contributed by atoms with Gasteiger partial charge in [-0.25, -0.2) is 8.42 Å². The number of hydrogen-bond acceptors (Lipinski definition) is 3. The van der Waals surface area contributed by atoms with Gasteiger partial charge in [-0.1, -0.05) is 29.8 Å². The molecule has 2 aromatic rings. The third-order valence-electron chi connectivity index (χ3n) is 3.16.